The smallest absolute Gasteiger partial charge is 0.268 e. The number of hydrogen-bond donors (Lipinski definition) is 3. The monoisotopic (exact) mass is 328 g/mol. The SMILES string of the molecule is C[NH+](C)CCNC(=O)/C(=C/c1ccco1)NC(=O)c1ccccc1. The van der Waals surface area contributed by atoms with Crippen LogP contribution in [0.2, 0.25) is 0 Å². The van der Waals surface area contributed by atoms with Crippen LogP contribution in [0, 0.1) is 0 Å². The summed E-state index contributed by atoms with van der Waals surface area (Å²) in [6, 6.07) is 12.2. The molecule has 0 aliphatic carbocycles. The molecule has 2 amide bonds. The van der Waals surface area contributed by atoms with Gasteiger partial charge in [0.2, 0.25) is 0 Å². The Morgan fingerprint density at radius 1 is 1.12 bits per heavy atom. The minimum Gasteiger partial charge on any atom is -0.465 e. The number of carbonyl (C=O) groups is 2. The van der Waals surface area contributed by atoms with Crippen LogP contribution in [-0.2, 0) is 4.79 Å². The molecule has 1 aromatic carbocycles. The van der Waals surface area contributed by atoms with Crippen molar-refractivity contribution in [3.05, 3.63) is 65.7 Å². The van der Waals surface area contributed by atoms with Crippen LogP contribution in [0.25, 0.3) is 6.08 Å². The maximum Gasteiger partial charge on any atom is 0.268 e. The molecule has 24 heavy (non-hydrogen) atoms. The number of furan rings is 1. The van der Waals surface area contributed by atoms with Gasteiger partial charge in [0.05, 0.1) is 33.4 Å². The van der Waals surface area contributed by atoms with Crippen LogP contribution in [0.1, 0.15) is 16.1 Å². The molecule has 0 aliphatic heterocycles. The number of benzene rings is 1. The molecule has 3 N–H and O–H groups in total. The molecule has 0 unspecified atom stereocenters. The van der Waals surface area contributed by atoms with E-state index in [2.05, 4.69) is 10.6 Å². The normalized spacial score (nSPS) is 11.4. The van der Waals surface area contributed by atoms with Crippen molar-refractivity contribution in [2.75, 3.05) is 27.2 Å². The van der Waals surface area contributed by atoms with Crippen molar-refractivity contribution < 1.29 is 18.9 Å². The minimum absolute atomic E-state index is 0.146. The van der Waals surface area contributed by atoms with Gasteiger partial charge in [-0.2, -0.15) is 0 Å². The molecular formula is C18H22N3O3+. The quantitative estimate of drug-likeness (QED) is 0.641. The highest BCUT2D eigenvalue weighted by Gasteiger charge is 2.15. The van der Waals surface area contributed by atoms with Gasteiger partial charge in [-0.15, -0.1) is 0 Å². The van der Waals surface area contributed by atoms with Crippen LogP contribution in [0.4, 0.5) is 0 Å². The molecular weight excluding hydrogens is 306 g/mol. The van der Waals surface area contributed by atoms with Crippen LogP contribution in [0.3, 0.4) is 0 Å². The highest BCUT2D eigenvalue weighted by Crippen LogP contribution is 2.07. The second kappa shape index (κ2) is 8.69. The summed E-state index contributed by atoms with van der Waals surface area (Å²) in [5.74, 6) is -0.203. The molecule has 2 aromatic rings. The van der Waals surface area contributed by atoms with E-state index >= 15 is 0 Å². The Labute approximate surface area is 141 Å². The van der Waals surface area contributed by atoms with Gasteiger partial charge in [-0.25, -0.2) is 0 Å². The first-order chi connectivity index (χ1) is 11.6. The predicted molar refractivity (Wildman–Crippen MR) is 91.3 cm³/mol. The number of carbonyl (C=O) groups excluding carboxylic acids is 2. The molecule has 0 saturated heterocycles. The predicted octanol–water partition coefficient (Wildman–Crippen LogP) is 0.311. The minimum atomic E-state index is -0.350. The number of rotatable bonds is 7. The van der Waals surface area contributed by atoms with E-state index in [0.717, 1.165) is 6.54 Å². The van der Waals surface area contributed by atoms with Crippen LogP contribution in [0.15, 0.2) is 58.8 Å². The fourth-order valence-electron chi connectivity index (χ4n) is 1.98. The molecule has 0 fully saturated rings. The zero-order valence-electron chi connectivity index (χ0n) is 13.8. The van der Waals surface area contributed by atoms with Gasteiger partial charge in [-0.3, -0.25) is 9.59 Å². The Bertz CT molecular complexity index is 692. The van der Waals surface area contributed by atoms with E-state index in [0.29, 0.717) is 17.9 Å². The van der Waals surface area contributed by atoms with Gasteiger partial charge >= 0.3 is 0 Å². The maximum atomic E-state index is 12.4. The van der Waals surface area contributed by atoms with E-state index < -0.39 is 0 Å². The molecule has 0 atom stereocenters. The van der Waals surface area contributed by atoms with Crippen molar-refractivity contribution in [1.29, 1.82) is 0 Å². The standard InChI is InChI=1S/C18H21N3O3/c1-21(2)11-10-19-18(23)16(13-15-9-6-12-24-15)20-17(22)14-7-4-3-5-8-14/h3-9,12-13H,10-11H2,1-2H3,(H,19,23)(H,20,22)/p+1/b16-13-. The van der Waals surface area contributed by atoms with E-state index in [9.17, 15) is 9.59 Å². The average molecular weight is 328 g/mol. The highest BCUT2D eigenvalue weighted by molar-refractivity contribution is 6.05. The lowest BCUT2D eigenvalue weighted by atomic mass is 10.2. The fourth-order valence-corrected chi connectivity index (χ4v) is 1.98. The van der Waals surface area contributed by atoms with E-state index in [1.54, 1.807) is 36.4 Å². The number of quaternary nitrogens is 1. The van der Waals surface area contributed by atoms with Gasteiger partial charge in [0.25, 0.3) is 11.8 Å². The van der Waals surface area contributed by atoms with Crippen molar-refractivity contribution in [3.8, 4) is 0 Å². The molecule has 1 heterocycles. The van der Waals surface area contributed by atoms with Crippen molar-refractivity contribution in [3.63, 3.8) is 0 Å². The van der Waals surface area contributed by atoms with Crippen LogP contribution in [0.5, 0.6) is 0 Å². The lowest BCUT2D eigenvalue weighted by Gasteiger charge is -2.12. The van der Waals surface area contributed by atoms with Gasteiger partial charge < -0.3 is 20.0 Å². The molecule has 0 bridgehead atoms. The summed E-state index contributed by atoms with van der Waals surface area (Å²) in [4.78, 5) is 25.9. The number of nitrogens with one attached hydrogen (secondary N) is 3. The molecule has 6 heteroatoms. The van der Waals surface area contributed by atoms with Gasteiger partial charge in [-0.05, 0) is 24.3 Å². The molecule has 0 saturated carbocycles. The first kappa shape index (κ1) is 17.5. The third-order valence-corrected chi connectivity index (χ3v) is 3.27. The van der Waals surface area contributed by atoms with Gasteiger partial charge in [-0.1, -0.05) is 18.2 Å². The molecule has 0 spiro atoms. The Balaban J connectivity index is 2.11. The van der Waals surface area contributed by atoms with Crippen molar-refractivity contribution in [2.45, 2.75) is 0 Å². The fraction of sp³-hybridized carbons (Fsp3) is 0.222. The Morgan fingerprint density at radius 3 is 2.50 bits per heavy atom. The van der Waals surface area contributed by atoms with Gasteiger partial charge in [0.15, 0.2) is 0 Å². The van der Waals surface area contributed by atoms with Gasteiger partial charge in [0, 0.05) is 11.6 Å². The third-order valence-electron chi connectivity index (χ3n) is 3.27. The zero-order valence-corrected chi connectivity index (χ0v) is 13.8. The Hall–Kier alpha value is -2.86. The average Bonchev–Trinajstić information content (AvgIpc) is 3.07. The lowest BCUT2D eigenvalue weighted by molar-refractivity contribution is -0.856. The maximum absolute atomic E-state index is 12.4. The summed E-state index contributed by atoms with van der Waals surface area (Å²) < 4.78 is 5.23. The molecule has 6 nitrogen and oxygen atoms in total. The lowest BCUT2D eigenvalue weighted by Crippen LogP contribution is -3.06. The molecule has 0 radical (unpaired) electrons. The highest BCUT2D eigenvalue weighted by atomic mass is 16.3. The van der Waals surface area contributed by atoms with E-state index in [-0.39, 0.29) is 17.5 Å². The molecule has 126 valence electrons. The topological polar surface area (TPSA) is 75.8 Å². The first-order valence-corrected chi connectivity index (χ1v) is 7.75. The summed E-state index contributed by atoms with van der Waals surface area (Å²) >= 11 is 0. The summed E-state index contributed by atoms with van der Waals surface area (Å²) in [7, 11) is 4.01. The number of likely N-dealkylation sites (N-methyl/N-ethyl adjacent to an activating group) is 1. The zero-order chi connectivity index (χ0) is 17.4. The summed E-state index contributed by atoms with van der Waals surface area (Å²) in [6.45, 7) is 1.30. The van der Waals surface area contributed by atoms with Crippen LogP contribution < -0.4 is 15.5 Å². The van der Waals surface area contributed by atoms with E-state index in [4.69, 9.17) is 4.42 Å². The Kier molecular flexibility index (Phi) is 6.33. The number of amides is 2. The number of hydrogen-bond acceptors (Lipinski definition) is 3. The van der Waals surface area contributed by atoms with Crippen molar-refractivity contribution >= 4 is 17.9 Å². The molecule has 1 aromatic heterocycles. The summed E-state index contributed by atoms with van der Waals surface area (Å²) in [6.07, 6.45) is 3.02. The summed E-state index contributed by atoms with van der Waals surface area (Å²) in [5.41, 5.74) is 0.626. The Morgan fingerprint density at radius 2 is 1.88 bits per heavy atom. The second-order valence-electron chi connectivity index (χ2n) is 5.61. The largest absolute Gasteiger partial charge is 0.465 e. The second-order valence-corrected chi connectivity index (χ2v) is 5.61. The molecule has 2 rings (SSSR count). The van der Waals surface area contributed by atoms with E-state index in [1.807, 2.05) is 20.2 Å². The summed E-state index contributed by atoms with van der Waals surface area (Å²) in [5, 5.41) is 5.45. The molecule has 0 aliphatic rings. The van der Waals surface area contributed by atoms with Crippen molar-refractivity contribution in [2.24, 2.45) is 0 Å². The first-order valence-electron chi connectivity index (χ1n) is 7.75. The van der Waals surface area contributed by atoms with Gasteiger partial charge in [0.1, 0.15) is 11.5 Å². The third kappa shape index (κ3) is 5.40. The van der Waals surface area contributed by atoms with E-state index in [1.165, 1.54) is 17.2 Å². The van der Waals surface area contributed by atoms with Crippen LogP contribution >= 0.6 is 0 Å². The van der Waals surface area contributed by atoms with Crippen LogP contribution in [-0.4, -0.2) is 39.0 Å². The van der Waals surface area contributed by atoms with Crippen molar-refractivity contribution in [1.82, 2.24) is 10.6 Å².